The molecule has 2 aliphatic heterocycles. The maximum absolute atomic E-state index is 12.6. The van der Waals surface area contributed by atoms with Gasteiger partial charge in [-0.2, -0.15) is 5.26 Å². The Labute approximate surface area is 152 Å². The Balaban J connectivity index is 1.51. The van der Waals surface area contributed by atoms with Gasteiger partial charge in [-0.3, -0.25) is 14.5 Å². The smallest absolute Gasteiger partial charge is 0.265 e. The molecule has 1 aromatic rings. The Morgan fingerprint density at radius 1 is 1.24 bits per heavy atom. The quantitative estimate of drug-likeness (QED) is 0.824. The van der Waals surface area contributed by atoms with Gasteiger partial charge in [-0.15, -0.1) is 11.3 Å². The van der Waals surface area contributed by atoms with E-state index in [9.17, 15) is 9.59 Å². The van der Waals surface area contributed by atoms with Crippen molar-refractivity contribution in [3.63, 3.8) is 0 Å². The van der Waals surface area contributed by atoms with Crippen LogP contribution in [0.1, 0.15) is 41.4 Å². The van der Waals surface area contributed by atoms with E-state index in [1.165, 1.54) is 17.8 Å². The van der Waals surface area contributed by atoms with Crippen molar-refractivity contribution in [1.29, 1.82) is 5.26 Å². The topological polar surface area (TPSA) is 67.7 Å². The SMILES string of the molecule is CC1CCCCN1C(=O)CN1CCN(C(=O)c2sccc2C#N)CC1. The molecule has 1 aromatic heterocycles. The molecule has 0 radical (unpaired) electrons. The van der Waals surface area contributed by atoms with Crippen LogP contribution in [-0.2, 0) is 4.79 Å². The monoisotopic (exact) mass is 360 g/mol. The number of nitrogens with zero attached hydrogens (tertiary/aromatic N) is 4. The van der Waals surface area contributed by atoms with Crippen LogP contribution in [0.2, 0.25) is 0 Å². The second-order valence-corrected chi connectivity index (χ2v) is 7.69. The average Bonchev–Trinajstić information content (AvgIpc) is 3.11. The summed E-state index contributed by atoms with van der Waals surface area (Å²) in [5.74, 6) is 0.138. The lowest BCUT2D eigenvalue weighted by Crippen LogP contribution is -2.53. The molecule has 3 rings (SSSR count). The minimum Gasteiger partial charge on any atom is -0.339 e. The van der Waals surface area contributed by atoms with Crippen molar-refractivity contribution in [3.8, 4) is 6.07 Å². The average molecular weight is 360 g/mol. The number of carbonyl (C=O) groups excluding carboxylic acids is 2. The highest BCUT2D eigenvalue weighted by atomic mass is 32.1. The molecule has 0 spiro atoms. The molecule has 0 aromatic carbocycles. The first-order valence-electron chi connectivity index (χ1n) is 8.89. The molecule has 3 heterocycles. The van der Waals surface area contributed by atoms with Gasteiger partial charge in [0.05, 0.1) is 12.1 Å². The second kappa shape index (κ2) is 7.98. The Kier molecular flexibility index (Phi) is 5.71. The van der Waals surface area contributed by atoms with Crippen LogP contribution in [0, 0.1) is 11.3 Å². The number of carbonyl (C=O) groups is 2. The summed E-state index contributed by atoms with van der Waals surface area (Å²) in [5.41, 5.74) is 0.451. The van der Waals surface area contributed by atoms with Crippen LogP contribution >= 0.6 is 11.3 Å². The normalized spacial score (nSPS) is 21.8. The Hall–Kier alpha value is -1.91. The molecule has 0 aliphatic carbocycles. The first-order chi connectivity index (χ1) is 12.1. The van der Waals surface area contributed by atoms with E-state index in [0.717, 1.165) is 19.4 Å². The molecule has 2 amide bonds. The van der Waals surface area contributed by atoms with E-state index in [4.69, 9.17) is 5.26 Å². The predicted octanol–water partition coefficient (Wildman–Crippen LogP) is 1.78. The molecule has 0 N–H and O–H groups in total. The van der Waals surface area contributed by atoms with Crippen molar-refractivity contribution in [3.05, 3.63) is 21.9 Å². The van der Waals surface area contributed by atoms with E-state index in [2.05, 4.69) is 17.9 Å². The summed E-state index contributed by atoms with van der Waals surface area (Å²) in [6.45, 7) is 6.04. The second-order valence-electron chi connectivity index (χ2n) is 6.78. The highest BCUT2D eigenvalue weighted by molar-refractivity contribution is 7.12. The molecule has 1 unspecified atom stereocenters. The van der Waals surface area contributed by atoms with E-state index >= 15 is 0 Å². The summed E-state index contributed by atoms with van der Waals surface area (Å²) < 4.78 is 0. The van der Waals surface area contributed by atoms with E-state index in [-0.39, 0.29) is 11.8 Å². The summed E-state index contributed by atoms with van der Waals surface area (Å²) in [6.07, 6.45) is 3.40. The third-order valence-electron chi connectivity index (χ3n) is 5.12. The van der Waals surface area contributed by atoms with Gasteiger partial charge in [-0.25, -0.2) is 0 Å². The Morgan fingerprint density at radius 3 is 2.68 bits per heavy atom. The van der Waals surface area contributed by atoms with E-state index in [1.54, 1.807) is 16.3 Å². The van der Waals surface area contributed by atoms with E-state index in [0.29, 0.717) is 49.2 Å². The summed E-state index contributed by atoms with van der Waals surface area (Å²) in [6, 6.07) is 4.10. The third kappa shape index (κ3) is 4.02. The lowest BCUT2D eigenvalue weighted by Gasteiger charge is -2.38. The summed E-state index contributed by atoms with van der Waals surface area (Å²) in [7, 11) is 0. The predicted molar refractivity (Wildman–Crippen MR) is 96.4 cm³/mol. The number of amides is 2. The molecule has 134 valence electrons. The standard InChI is InChI=1S/C18H24N4O2S/c1-14-4-2-3-6-22(14)16(23)13-20-7-9-21(10-8-20)18(24)17-15(12-19)5-11-25-17/h5,11,14H,2-4,6-10,13H2,1H3. The van der Waals surface area contributed by atoms with Gasteiger partial charge in [0.25, 0.3) is 5.91 Å². The summed E-state index contributed by atoms with van der Waals surface area (Å²) in [4.78, 5) is 31.5. The molecule has 2 fully saturated rings. The number of thiophene rings is 1. The van der Waals surface area contributed by atoms with Crippen molar-refractivity contribution < 1.29 is 9.59 Å². The lowest BCUT2D eigenvalue weighted by molar-refractivity contribution is -0.136. The Bertz CT molecular complexity index is 673. The number of piperidine rings is 1. The van der Waals surface area contributed by atoms with Crippen molar-refractivity contribution in [2.75, 3.05) is 39.3 Å². The van der Waals surface area contributed by atoms with Gasteiger partial charge >= 0.3 is 0 Å². The zero-order valence-electron chi connectivity index (χ0n) is 14.6. The van der Waals surface area contributed by atoms with Crippen LogP contribution in [0.4, 0.5) is 0 Å². The van der Waals surface area contributed by atoms with Crippen molar-refractivity contribution in [1.82, 2.24) is 14.7 Å². The number of rotatable bonds is 3. The van der Waals surface area contributed by atoms with Crippen molar-refractivity contribution in [2.45, 2.75) is 32.2 Å². The number of piperazine rings is 1. The zero-order chi connectivity index (χ0) is 17.8. The van der Waals surface area contributed by atoms with Crippen LogP contribution < -0.4 is 0 Å². The van der Waals surface area contributed by atoms with Crippen LogP contribution in [-0.4, -0.2) is 71.8 Å². The van der Waals surface area contributed by atoms with Crippen LogP contribution in [0.5, 0.6) is 0 Å². The van der Waals surface area contributed by atoms with Gasteiger partial charge in [-0.1, -0.05) is 0 Å². The van der Waals surface area contributed by atoms with E-state index in [1.807, 2.05) is 4.90 Å². The van der Waals surface area contributed by atoms with Gasteiger partial charge < -0.3 is 9.80 Å². The van der Waals surface area contributed by atoms with Crippen molar-refractivity contribution >= 4 is 23.2 Å². The van der Waals surface area contributed by atoms with Crippen molar-refractivity contribution in [2.24, 2.45) is 0 Å². The van der Waals surface area contributed by atoms with E-state index < -0.39 is 0 Å². The molecular weight excluding hydrogens is 336 g/mol. The number of likely N-dealkylation sites (tertiary alicyclic amines) is 1. The lowest BCUT2D eigenvalue weighted by atomic mass is 10.0. The maximum atomic E-state index is 12.6. The first kappa shape index (κ1) is 17.9. The fraction of sp³-hybridized carbons (Fsp3) is 0.611. The van der Waals surface area contributed by atoms with Gasteiger partial charge in [0, 0.05) is 38.8 Å². The molecule has 7 heteroatoms. The zero-order valence-corrected chi connectivity index (χ0v) is 15.4. The summed E-state index contributed by atoms with van der Waals surface area (Å²) >= 11 is 1.32. The van der Waals surface area contributed by atoms with Gasteiger partial charge in [0.1, 0.15) is 10.9 Å². The van der Waals surface area contributed by atoms with Gasteiger partial charge in [-0.05, 0) is 37.6 Å². The number of hydrogen-bond donors (Lipinski definition) is 0. The fourth-order valence-corrected chi connectivity index (χ4v) is 4.38. The molecule has 2 aliphatic rings. The third-order valence-corrected chi connectivity index (χ3v) is 6.02. The largest absolute Gasteiger partial charge is 0.339 e. The number of hydrogen-bond acceptors (Lipinski definition) is 5. The fourth-order valence-electron chi connectivity index (χ4n) is 3.57. The molecule has 25 heavy (non-hydrogen) atoms. The molecular formula is C18H24N4O2S. The summed E-state index contributed by atoms with van der Waals surface area (Å²) in [5, 5.41) is 10.9. The molecule has 0 saturated carbocycles. The minimum absolute atomic E-state index is 0.0674. The highest BCUT2D eigenvalue weighted by Crippen LogP contribution is 2.20. The number of nitriles is 1. The van der Waals surface area contributed by atoms with Gasteiger partial charge in [0.2, 0.25) is 5.91 Å². The van der Waals surface area contributed by atoms with Crippen LogP contribution in [0.15, 0.2) is 11.4 Å². The molecule has 2 saturated heterocycles. The molecule has 1 atom stereocenters. The van der Waals surface area contributed by atoms with Gasteiger partial charge in [0.15, 0.2) is 0 Å². The minimum atomic E-state index is -0.0674. The molecule has 6 nitrogen and oxygen atoms in total. The first-order valence-corrected chi connectivity index (χ1v) is 9.77. The van der Waals surface area contributed by atoms with Crippen LogP contribution in [0.25, 0.3) is 0 Å². The Morgan fingerprint density at radius 2 is 2.00 bits per heavy atom. The highest BCUT2D eigenvalue weighted by Gasteiger charge is 2.28. The molecule has 0 bridgehead atoms. The van der Waals surface area contributed by atoms with Crippen LogP contribution in [0.3, 0.4) is 0 Å². The maximum Gasteiger partial charge on any atom is 0.265 e.